The summed E-state index contributed by atoms with van der Waals surface area (Å²) in [6.07, 6.45) is 1.53. The van der Waals surface area contributed by atoms with Crippen LogP contribution in [0.25, 0.3) is 0 Å². The van der Waals surface area contributed by atoms with Gasteiger partial charge in [0.15, 0.2) is 0 Å². The lowest BCUT2D eigenvalue weighted by Gasteiger charge is -2.09. The van der Waals surface area contributed by atoms with E-state index in [0.29, 0.717) is 28.6 Å². The molecule has 27 heavy (non-hydrogen) atoms. The van der Waals surface area contributed by atoms with Crippen molar-refractivity contribution in [2.24, 2.45) is 5.10 Å². The zero-order valence-corrected chi connectivity index (χ0v) is 15.2. The molecule has 0 aliphatic heterocycles. The van der Waals surface area contributed by atoms with E-state index in [1.54, 1.807) is 24.3 Å². The molecule has 3 aromatic rings. The second-order valence-electron chi connectivity index (χ2n) is 5.74. The molecule has 0 saturated carbocycles. The molecule has 0 saturated heterocycles. The predicted octanol–water partition coefficient (Wildman–Crippen LogP) is 4.27. The number of hydrogen-bond acceptors (Lipinski definition) is 4. The van der Waals surface area contributed by atoms with Gasteiger partial charge in [0, 0.05) is 16.3 Å². The SMILES string of the molecule is Nc1ccccc1C(=O)N/N=C/c1ccccc1OCc1cccc(Cl)c1. The highest BCUT2D eigenvalue weighted by Gasteiger charge is 2.07. The van der Waals surface area contributed by atoms with Crippen molar-refractivity contribution < 1.29 is 9.53 Å². The van der Waals surface area contributed by atoms with Gasteiger partial charge >= 0.3 is 0 Å². The number of anilines is 1. The molecule has 3 aromatic carbocycles. The quantitative estimate of drug-likeness (QED) is 0.381. The number of nitrogens with one attached hydrogen (secondary N) is 1. The first-order valence-electron chi connectivity index (χ1n) is 8.27. The summed E-state index contributed by atoms with van der Waals surface area (Å²) in [4.78, 5) is 12.1. The molecular weight excluding hydrogens is 362 g/mol. The minimum absolute atomic E-state index is 0.373. The molecule has 0 aromatic heterocycles. The smallest absolute Gasteiger partial charge is 0.273 e. The lowest BCUT2D eigenvalue weighted by atomic mass is 10.2. The van der Waals surface area contributed by atoms with E-state index in [0.717, 1.165) is 11.1 Å². The molecule has 1 amide bonds. The van der Waals surface area contributed by atoms with Crippen LogP contribution in [0.1, 0.15) is 21.5 Å². The molecule has 0 aliphatic carbocycles. The van der Waals surface area contributed by atoms with Gasteiger partial charge in [0.2, 0.25) is 0 Å². The summed E-state index contributed by atoms with van der Waals surface area (Å²) >= 11 is 5.99. The first kappa shape index (κ1) is 18.5. The average Bonchev–Trinajstić information content (AvgIpc) is 2.67. The topological polar surface area (TPSA) is 76.7 Å². The van der Waals surface area contributed by atoms with Crippen LogP contribution in [0.3, 0.4) is 0 Å². The Hall–Kier alpha value is -3.31. The number of carbonyl (C=O) groups is 1. The Morgan fingerprint density at radius 2 is 1.85 bits per heavy atom. The van der Waals surface area contributed by atoms with E-state index in [9.17, 15) is 4.79 Å². The van der Waals surface area contributed by atoms with Gasteiger partial charge in [-0.3, -0.25) is 4.79 Å². The first-order valence-corrected chi connectivity index (χ1v) is 8.65. The van der Waals surface area contributed by atoms with E-state index in [4.69, 9.17) is 22.1 Å². The lowest BCUT2D eigenvalue weighted by Crippen LogP contribution is -2.19. The predicted molar refractivity (Wildman–Crippen MR) is 108 cm³/mol. The van der Waals surface area contributed by atoms with Gasteiger partial charge in [-0.1, -0.05) is 48.0 Å². The third kappa shape index (κ3) is 5.09. The highest BCUT2D eigenvalue weighted by molar-refractivity contribution is 6.30. The number of nitrogen functional groups attached to an aromatic ring is 1. The third-order valence-corrected chi connectivity index (χ3v) is 4.01. The molecule has 5 nitrogen and oxygen atoms in total. The van der Waals surface area contributed by atoms with Crippen molar-refractivity contribution in [3.8, 4) is 5.75 Å². The van der Waals surface area contributed by atoms with Crippen LogP contribution < -0.4 is 15.9 Å². The van der Waals surface area contributed by atoms with E-state index in [-0.39, 0.29) is 5.91 Å². The second-order valence-corrected chi connectivity index (χ2v) is 6.18. The Labute approximate surface area is 162 Å². The molecular formula is C21H18ClN3O2. The highest BCUT2D eigenvalue weighted by Crippen LogP contribution is 2.19. The van der Waals surface area contributed by atoms with Crippen LogP contribution in [0.4, 0.5) is 5.69 Å². The van der Waals surface area contributed by atoms with Crippen LogP contribution in [0.15, 0.2) is 77.9 Å². The maximum Gasteiger partial charge on any atom is 0.273 e. The Balaban J connectivity index is 1.66. The molecule has 0 unspecified atom stereocenters. The number of ether oxygens (including phenoxy) is 1. The number of rotatable bonds is 6. The van der Waals surface area contributed by atoms with Crippen molar-refractivity contribution in [2.45, 2.75) is 6.61 Å². The number of carbonyl (C=O) groups excluding carboxylic acids is 1. The molecule has 0 atom stereocenters. The third-order valence-electron chi connectivity index (χ3n) is 3.78. The van der Waals surface area contributed by atoms with Crippen molar-refractivity contribution >= 4 is 29.4 Å². The fraction of sp³-hybridized carbons (Fsp3) is 0.0476. The van der Waals surface area contributed by atoms with Crippen molar-refractivity contribution in [2.75, 3.05) is 5.73 Å². The lowest BCUT2D eigenvalue weighted by molar-refractivity contribution is 0.0956. The summed E-state index contributed by atoms with van der Waals surface area (Å²) in [5.41, 5.74) is 10.7. The average molecular weight is 380 g/mol. The van der Waals surface area contributed by atoms with Gasteiger partial charge < -0.3 is 10.5 Å². The van der Waals surface area contributed by atoms with E-state index < -0.39 is 0 Å². The van der Waals surface area contributed by atoms with Crippen LogP contribution in [0.2, 0.25) is 5.02 Å². The number of nitrogens with zero attached hydrogens (tertiary/aromatic N) is 1. The summed E-state index contributed by atoms with van der Waals surface area (Å²) in [6.45, 7) is 0.373. The summed E-state index contributed by atoms with van der Waals surface area (Å²) in [6, 6.07) is 21.7. The molecule has 0 fully saturated rings. The number of amides is 1. The summed E-state index contributed by atoms with van der Waals surface area (Å²) < 4.78 is 5.86. The van der Waals surface area contributed by atoms with E-state index in [1.807, 2.05) is 48.5 Å². The first-order chi connectivity index (χ1) is 13.1. The molecule has 0 bridgehead atoms. The molecule has 3 N–H and O–H groups in total. The summed E-state index contributed by atoms with van der Waals surface area (Å²) in [5.74, 6) is 0.274. The van der Waals surface area contributed by atoms with Crippen LogP contribution in [0, 0.1) is 0 Å². The van der Waals surface area contributed by atoms with Gasteiger partial charge in [0.1, 0.15) is 12.4 Å². The van der Waals surface area contributed by atoms with Crippen molar-refractivity contribution in [3.05, 3.63) is 94.5 Å². The molecule has 3 rings (SSSR count). The molecule has 0 spiro atoms. The number of hydrogen-bond donors (Lipinski definition) is 2. The Morgan fingerprint density at radius 3 is 2.67 bits per heavy atom. The largest absolute Gasteiger partial charge is 0.488 e. The minimum atomic E-state index is -0.373. The molecule has 6 heteroatoms. The normalized spacial score (nSPS) is 10.7. The Kier molecular flexibility index (Phi) is 6.07. The molecule has 0 radical (unpaired) electrons. The fourth-order valence-corrected chi connectivity index (χ4v) is 2.64. The molecule has 0 heterocycles. The van der Waals surface area contributed by atoms with Crippen molar-refractivity contribution in [1.29, 1.82) is 0 Å². The summed E-state index contributed by atoms with van der Waals surface area (Å²) in [5, 5.41) is 4.67. The van der Waals surface area contributed by atoms with Crippen LogP contribution >= 0.6 is 11.6 Å². The monoisotopic (exact) mass is 379 g/mol. The van der Waals surface area contributed by atoms with Crippen molar-refractivity contribution in [1.82, 2.24) is 5.43 Å². The zero-order chi connectivity index (χ0) is 19.1. The standard InChI is InChI=1S/C21H18ClN3O2/c22-17-8-5-6-15(12-17)14-27-20-11-4-1-7-16(20)13-24-25-21(26)18-9-2-3-10-19(18)23/h1-13H,14,23H2,(H,25,26)/b24-13+. The van der Waals surface area contributed by atoms with Gasteiger partial charge in [0.25, 0.3) is 5.91 Å². The minimum Gasteiger partial charge on any atom is -0.488 e. The molecule has 0 aliphatic rings. The number of halogens is 1. The Bertz CT molecular complexity index is 973. The van der Waals surface area contributed by atoms with E-state index in [2.05, 4.69) is 10.5 Å². The maximum absolute atomic E-state index is 12.1. The van der Waals surface area contributed by atoms with E-state index in [1.165, 1.54) is 6.21 Å². The van der Waals surface area contributed by atoms with Crippen LogP contribution in [0.5, 0.6) is 5.75 Å². The van der Waals surface area contributed by atoms with Crippen LogP contribution in [-0.2, 0) is 6.61 Å². The molecule has 136 valence electrons. The highest BCUT2D eigenvalue weighted by atomic mass is 35.5. The van der Waals surface area contributed by atoms with Crippen LogP contribution in [-0.4, -0.2) is 12.1 Å². The fourth-order valence-electron chi connectivity index (χ4n) is 2.43. The number of benzene rings is 3. The number of para-hydroxylation sites is 2. The van der Waals surface area contributed by atoms with Gasteiger partial charge in [-0.25, -0.2) is 5.43 Å². The van der Waals surface area contributed by atoms with Gasteiger partial charge in [-0.05, 0) is 42.0 Å². The second kappa shape index (κ2) is 8.87. The zero-order valence-electron chi connectivity index (χ0n) is 14.4. The number of hydrazone groups is 1. The van der Waals surface area contributed by atoms with E-state index >= 15 is 0 Å². The van der Waals surface area contributed by atoms with Gasteiger partial charge in [0.05, 0.1) is 11.8 Å². The summed E-state index contributed by atoms with van der Waals surface area (Å²) in [7, 11) is 0. The maximum atomic E-state index is 12.1. The van der Waals surface area contributed by atoms with Gasteiger partial charge in [-0.2, -0.15) is 5.10 Å². The number of nitrogens with two attached hydrogens (primary N) is 1. The van der Waals surface area contributed by atoms with Gasteiger partial charge in [-0.15, -0.1) is 0 Å². The van der Waals surface area contributed by atoms with Crippen molar-refractivity contribution in [3.63, 3.8) is 0 Å². The Morgan fingerprint density at radius 1 is 1.07 bits per heavy atom.